The molecule has 0 spiro atoms. The summed E-state index contributed by atoms with van der Waals surface area (Å²) in [5.41, 5.74) is 1.72. The van der Waals surface area contributed by atoms with Crippen molar-refractivity contribution in [1.29, 1.82) is 0 Å². The van der Waals surface area contributed by atoms with E-state index in [9.17, 15) is 13.2 Å². The van der Waals surface area contributed by atoms with Crippen molar-refractivity contribution in [3.8, 4) is 0 Å². The molecule has 45 heavy (non-hydrogen) atoms. The number of nitrogens with zero attached hydrogens (tertiary/aromatic N) is 3. The number of hydroxylamine groups is 2. The minimum absolute atomic E-state index is 0.289. The van der Waals surface area contributed by atoms with E-state index in [-0.39, 0.29) is 6.54 Å². The number of carbonyl (C=O) groups is 1. The Labute approximate surface area is 266 Å². The van der Waals surface area contributed by atoms with Crippen molar-refractivity contribution in [2.75, 3.05) is 13.1 Å². The third-order valence-electron chi connectivity index (χ3n) is 8.15. The van der Waals surface area contributed by atoms with Crippen molar-refractivity contribution < 1.29 is 21.5 Å². The van der Waals surface area contributed by atoms with Crippen LogP contribution in [0.15, 0.2) is 133 Å². The minimum atomic E-state index is -4.88. The van der Waals surface area contributed by atoms with Crippen LogP contribution >= 0.6 is 18.2 Å². The average molecular weight is 656 g/mol. The van der Waals surface area contributed by atoms with Gasteiger partial charge in [-0.15, -0.1) is 0 Å². The first kappa shape index (κ1) is 29.5. The summed E-state index contributed by atoms with van der Waals surface area (Å²) in [6, 6.07) is 34.7. The van der Waals surface area contributed by atoms with Gasteiger partial charge >= 0.3 is 267 Å². The first-order valence-electron chi connectivity index (χ1n) is 14.5. The fourth-order valence-corrected chi connectivity index (χ4v) is 14.7. The molecule has 3 heterocycles. The maximum absolute atomic E-state index is 14.3. The number of hydrogen-bond donors (Lipinski definition) is 0. The fourth-order valence-electron chi connectivity index (χ4n) is 6.26. The molecule has 2 aliphatic heterocycles. The SMILES string of the molecule is CC=CP(OS(=O)(=O)ON1C(=O)N2CC(c3nc4ccccc4s3)=CC1C2)(c1ccccc1)(c1ccccc1)c1ccccc1. The van der Waals surface area contributed by atoms with E-state index in [1.54, 1.807) is 4.90 Å². The standard InChI is InChI=1S/C34H30N3O5PS2/c1-2-22-43(28-14-6-3-7-15-28,29-16-8-4-9-17-29,30-18-10-5-11-19-30)42-45(39,40)41-37-27-23-26(24-36(25-27)34(37)38)33-35-31-20-12-13-21-32(31)44-33/h2-23,27H,24-25H2,1H3. The molecule has 228 valence electrons. The first-order chi connectivity index (χ1) is 21.8. The van der Waals surface area contributed by atoms with Crippen LogP contribution in [0.2, 0.25) is 0 Å². The van der Waals surface area contributed by atoms with Crippen LogP contribution in [0.3, 0.4) is 0 Å². The van der Waals surface area contributed by atoms with Crippen LogP contribution < -0.4 is 15.9 Å². The van der Waals surface area contributed by atoms with Crippen LogP contribution in [0.5, 0.6) is 0 Å². The Hall–Kier alpha value is -4.18. The quantitative estimate of drug-likeness (QED) is 0.182. The Balaban J connectivity index is 1.33. The van der Waals surface area contributed by atoms with Gasteiger partial charge in [0.1, 0.15) is 0 Å². The molecule has 1 fully saturated rings. The van der Waals surface area contributed by atoms with Crippen molar-refractivity contribution in [1.82, 2.24) is 14.9 Å². The molecule has 1 saturated heterocycles. The number of rotatable bonds is 9. The topological polar surface area (TPSA) is 89.0 Å². The van der Waals surface area contributed by atoms with Gasteiger partial charge in [-0.1, -0.05) is 0 Å². The van der Waals surface area contributed by atoms with Gasteiger partial charge in [0.2, 0.25) is 0 Å². The number of hydrogen-bond acceptors (Lipinski definition) is 7. The van der Waals surface area contributed by atoms with Gasteiger partial charge in [0.15, 0.2) is 0 Å². The monoisotopic (exact) mass is 655 g/mol. The Morgan fingerprint density at radius 1 is 0.844 bits per heavy atom. The van der Waals surface area contributed by atoms with Gasteiger partial charge in [-0.3, -0.25) is 0 Å². The molecule has 1 aromatic heterocycles. The third-order valence-corrected chi connectivity index (χ3v) is 16.4. The molecule has 1 unspecified atom stereocenters. The molecule has 2 bridgehead atoms. The van der Waals surface area contributed by atoms with Crippen LogP contribution in [0.25, 0.3) is 15.8 Å². The number of benzene rings is 4. The van der Waals surface area contributed by atoms with Gasteiger partial charge in [-0.25, -0.2) is 0 Å². The summed E-state index contributed by atoms with van der Waals surface area (Å²) in [6.45, 7) is -2.00. The summed E-state index contributed by atoms with van der Waals surface area (Å²) in [7, 11) is -4.88. The van der Waals surface area contributed by atoms with E-state index in [4.69, 9.17) is 13.2 Å². The third kappa shape index (κ3) is 4.90. The number of fused-ring (bicyclic) bond motifs is 3. The van der Waals surface area contributed by atoms with Crippen molar-refractivity contribution in [2.24, 2.45) is 0 Å². The van der Waals surface area contributed by atoms with Crippen LogP contribution in [0.4, 0.5) is 4.79 Å². The maximum atomic E-state index is 14.3. The summed E-state index contributed by atoms with van der Waals surface area (Å²) in [6.07, 6.45) is 3.68. The zero-order valence-electron chi connectivity index (χ0n) is 24.3. The van der Waals surface area contributed by atoms with Gasteiger partial charge in [0, 0.05) is 0 Å². The van der Waals surface area contributed by atoms with Crippen molar-refractivity contribution in [2.45, 2.75) is 13.0 Å². The number of aromatic nitrogens is 1. The zero-order chi connectivity index (χ0) is 31.1. The molecular weight excluding hydrogens is 625 g/mol. The van der Waals surface area contributed by atoms with Crippen LogP contribution in [-0.4, -0.2) is 48.5 Å². The fraction of sp³-hybridized carbons (Fsp3) is 0.118. The molecular formula is C34H30N3O5PS2. The number of allylic oxidation sites excluding steroid dienone is 1. The van der Waals surface area contributed by atoms with E-state index < -0.39 is 29.3 Å². The number of para-hydroxylation sites is 1. The van der Waals surface area contributed by atoms with Crippen LogP contribution in [0, 0.1) is 0 Å². The molecule has 8 nitrogen and oxygen atoms in total. The summed E-state index contributed by atoms with van der Waals surface area (Å²) in [5.74, 6) is 1.85. The number of urea groups is 1. The molecule has 0 N–H and O–H groups in total. The summed E-state index contributed by atoms with van der Waals surface area (Å²) in [4.78, 5) is 19.9. The number of amides is 2. The van der Waals surface area contributed by atoms with E-state index in [2.05, 4.69) is 0 Å². The van der Waals surface area contributed by atoms with Crippen molar-refractivity contribution in [3.05, 3.63) is 138 Å². The Bertz CT molecular complexity index is 1920. The van der Waals surface area contributed by atoms with Crippen molar-refractivity contribution >= 4 is 66.3 Å². The van der Waals surface area contributed by atoms with Crippen molar-refractivity contribution in [3.63, 3.8) is 0 Å². The summed E-state index contributed by atoms with van der Waals surface area (Å²) in [5, 5.41) is 3.70. The molecule has 5 aromatic rings. The second kappa shape index (κ2) is 11.3. The van der Waals surface area contributed by atoms with Gasteiger partial charge < -0.3 is 0 Å². The summed E-state index contributed by atoms with van der Waals surface area (Å²) < 4.78 is 41.9. The molecule has 11 heteroatoms. The normalized spacial score (nSPS) is 17.9. The Morgan fingerprint density at radius 2 is 1.40 bits per heavy atom. The molecule has 0 saturated carbocycles. The number of thiazole rings is 1. The second-order valence-corrected chi connectivity index (χ2v) is 17.5. The molecule has 2 amide bonds. The van der Waals surface area contributed by atoms with E-state index in [1.807, 2.05) is 140 Å². The molecule has 2 aliphatic rings. The van der Waals surface area contributed by atoms with Crippen LogP contribution in [0.1, 0.15) is 11.9 Å². The zero-order valence-corrected chi connectivity index (χ0v) is 26.9. The van der Waals surface area contributed by atoms with E-state index in [0.717, 1.165) is 25.9 Å². The average Bonchev–Trinajstić information content (AvgIpc) is 3.60. The molecule has 0 radical (unpaired) electrons. The van der Waals surface area contributed by atoms with Gasteiger partial charge in [0.25, 0.3) is 0 Å². The predicted octanol–water partition coefficient (Wildman–Crippen LogP) is 5.97. The van der Waals surface area contributed by atoms with E-state index >= 15 is 0 Å². The van der Waals surface area contributed by atoms with E-state index in [0.29, 0.717) is 22.5 Å². The molecule has 4 aromatic carbocycles. The Morgan fingerprint density at radius 3 is 1.96 bits per heavy atom. The summed E-state index contributed by atoms with van der Waals surface area (Å²) >= 11 is 1.53. The Kier molecular flexibility index (Phi) is 7.43. The number of carbonyl (C=O) groups excluding carboxylic acids is 1. The molecule has 1 atom stereocenters. The van der Waals surface area contributed by atoms with Crippen LogP contribution in [-0.2, 0) is 18.7 Å². The van der Waals surface area contributed by atoms with Gasteiger partial charge in [0.05, 0.1) is 0 Å². The van der Waals surface area contributed by atoms with E-state index in [1.165, 1.54) is 11.3 Å². The van der Waals surface area contributed by atoms with Gasteiger partial charge in [-0.05, 0) is 0 Å². The van der Waals surface area contributed by atoms with Gasteiger partial charge in [-0.2, -0.15) is 0 Å². The molecule has 0 aliphatic carbocycles. The molecule has 7 rings (SSSR count). The first-order valence-corrected chi connectivity index (χ1v) is 18.8. The predicted molar refractivity (Wildman–Crippen MR) is 181 cm³/mol. The second-order valence-electron chi connectivity index (χ2n) is 10.9.